The van der Waals surface area contributed by atoms with Crippen molar-refractivity contribution in [3.8, 4) is 0 Å². The highest BCUT2D eigenvalue weighted by molar-refractivity contribution is 6.06. The zero-order valence-corrected chi connectivity index (χ0v) is 11.8. The van der Waals surface area contributed by atoms with Crippen LogP contribution >= 0.6 is 0 Å². The van der Waals surface area contributed by atoms with Gasteiger partial charge in [0.15, 0.2) is 5.69 Å². The first-order chi connectivity index (χ1) is 9.42. The predicted molar refractivity (Wildman–Crippen MR) is 76.4 cm³/mol. The van der Waals surface area contributed by atoms with Gasteiger partial charge in [-0.05, 0) is 39.0 Å². The third kappa shape index (κ3) is 2.93. The molecular formula is C15H18N3O2+. The lowest BCUT2D eigenvalue weighted by Gasteiger charge is -2.20. The highest BCUT2D eigenvalue weighted by Crippen LogP contribution is 2.25. The van der Waals surface area contributed by atoms with Crippen molar-refractivity contribution >= 4 is 22.4 Å². The summed E-state index contributed by atoms with van der Waals surface area (Å²) >= 11 is 0. The van der Waals surface area contributed by atoms with E-state index in [9.17, 15) is 4.79 Å². The van der Waals surface area contributed by atoms with E-state index < -0.39 is 5.60 Å². The van der Waals surface area contributed by atoms with Gasteiger partial charge in [0.2, 0.25) is 0 Å². The molecule has 0 fully saturated rings. The number of esters is 1. The molecule has 0 aliphatic rings. The molecule has 20 heavy (non-hydrogen) atoms. The lowest BCUT2D eigenvalue weighted by Crippen LogP contribution is -2.59. The quantitative estimate of drug-likeness (QED) is 0.379. The number of ether oxygens (including phenoxy) is 1. The summed E-state index contributed by atoms with van der Waals surface area (Å²) in [4.78, 5) is 12.3. The largest absolute Gasteiger partial charge is 0.456 e. The molecule has 0 aliphatic heterocycles. The Hall–Kier alpha value is -2.43. The van der Waals surface area contributed by atoms with Crippen molar-refractivity contribution in [2.24, 2.45) is 11.1 Å². The van der Waals surface area contributed by atoms with Crippen LogP contribution in [0.1, 0.15) is 31.1 Å². The fraction of sp³-hybridized carbons (Fsp3) is 0.267. The number of rotatable bonds is 2. The average Bonchev–Trinajstić information content (AvgIpc) is 2.37. The van der Waals surface area contributed by atoms with Gasteiger partial charge in [-0.3, -0.25) is 0 Å². The first-order valence-corrected chi connectivity index (χ1v) is 6.33. The Kier molecular flexibility index (Phi) is 3.70. The molecular weight excluding hydrogens is 254 g/mol. The van der Waals surface area contributed by atoms with Crippen molar-refractivity contribution in [1.82, 2.24) is 0 Å². The predicted octanol–water partition coefficient (Wildman–Crippen LogP) is 1.83. The lowest BCUT2D eigenvalue weighted by atomic mass is 10.0. The van der Waals surface area contributed by atoms with Crippen molar-refractivity contribution in [2.75, 3.05) is 0 Å². The zero-order chi connectivity index (χ0) is 14.8. The Morgan fingerprint density at radius 1 is 1.15 bits per heavy atom. The SMILES string of the molecule is CC(C)(C)OC(=O)c1cccc2c([NH+]=NN)cccc12. The number of carbonyl (C=O) groups excluding carboxylic acids is 1. The summed E-state index contributed by atoms with van der Waals surface area (Å²) in [5.74, 6) is 4.81. The summed E-state index contributed by atoms with van der Waals surface area (Å²) in [6.45, 7) is 5.53. The van der Waals surface area contributed by atoms with E-state index in [1.807, 2.05) is 51.1 Å². The second-order valence-corrected chi connectivity index (χ2v) is 5.45. The van der Waals surface area contributed by atoms with Gasteiger partial charge in [-0.25, -0.2) is 4.79 Å². The summed E-state index contributed by atoms with van der Waals surface area (Å²) in [5, 5.41) is 7.81. The molecule has 3 N–H and O–H groups in total. The van der Waals surface area contributed by atoms with Crippen molar-refractivity contribution in [3.63, 3.8) is 0 Å². The number of carbonyl (C=O) groups is 1. The summed E-state index contributed by atoms with van der Waals surface area (Å²) in [7, 11) is 0. The standard InChI is InChI=1S/C15H17N3O2/c1-15(2,3)20-14(19)12-8-4-7-11-10(12)6-5-9-13(11)17-18-16/h4-9H,1-3H3,(H2,16,17)/p+1. The molecule has 0 bridgehead atoms. The minimum absolute atomic E-state index is 0.343. The molecule has 0 aliphatic carbocycles. The highest BCUT2D eigenvalue weighted by atomic mass is 16.6. The normalized spacial score (nSPS) is 11.9. The average molecular weight is 272 g/mol. The molecule has 104 valence electrons. The van der Waals surface area contributed by atoms with Crippen molar-refractivity contribution in [1.29, 1.82) is 0 Å². The number of fused-ring (bicyclic) bond motifs is 1. The van der Waals surface area contributed by atoms with Crippen molar-refractivity contribution in [3.05, 3.63) is 42.0 Å². The van der Waals surface area contributed by atoms with Gasteiger partial charge in [-0.15, -0.1) is 5.11 Å². The smallest absolute Gasteiger partial charge is 0.339 e. The lowest BCUT2D eigenvalue weighted by molar-refractivity contribution is -0.440. The van der Waals surface area contributed by atoms with Gasteiger partial charge in [0.1, 0.15) is 5.60 Å². The van der Waals surface area contributed by atoms with Crippen LogP contribution in [-0.2, 0) is 4.74 Å². The zero-order valence-electron chi connectivity index (χ0n) is 11.8. The molecule has 5 nitrogen and oxygen atoms in total. The van der Waals surface area contributed by atoms with Crippen LogP contribution in [0.5, 0.6) is 0 Å². The molecule has 0 saturated carbocycles. The monoisotopic (exact) mass is 272 g/mol. The van der Waals surface area contributed by atoms with E-state index >= 15 is 0 Å². The van der Waals surface area contributed by atoms with Gasteiger partial charge in [0, 0.05) is 10.8 Å². The molecule has 0 atom stereocenters. The van der Waals surface area contributed by atoms with E-state index in [1.54, 1.807) is 6.07 Å². The summed E-state index contributed by atoms with van der Waals surface area (Å²) in [6, 6.07) is 11.0. The van der Waals surface area contributed by atoms with Crippen molar-refractivity contribution < 1.29 is 14.6 Å². The van der Waals surface area contributed by atoms with Crippen LogP contribution in [-0.4, -0.2) is 11.6 Å². The van der Waals surface area contributed by atoms with Crippen molar-refractivity contribution in [2.45, 2.75) is 26.4 Å². The fourth-order valence-corrected chi connectivity index (χ4v) is 1.99. The van der Waals surface area contributed by atoms with Crippen LogP contribution in [0, 0.1) is 0 Å². The molecule has 2 aromatic carbocycles. The maximum absolute atomic E-state index is 12.3. The van der Waals surface area contributed by atoms with Crippen LogP contribution in [0.4, 0.5) is 5.69 Å². The summed E-state index contributed by atoms with van der Waals surface area (Å²) in [5.41, 5.74) is 0.746. The van der Waals surface area contributed by atoms with Gasteiger partial charge < -0.3 is 4.74 Å². The Morgan fingerprint density at radius 3 is 2.45 bits per heavy atom. The second kappa shape index (κ2) is 5.28. The number of hydrogen-bond acceptors (Lipinski definition) is 3. The first-order valence-electron chi connectivity index (χ1n) is 6.33. The van der Waals surface area contributed by atoms with Gasteiger partial charge in [-0.2, -0.15) is 5.84 Å². The summed E-state index contributed by atoms with van der Waals surface area (Å²) < 4.78 is 5.42. The Morgan fingerprint density at radius 2 is 1.80 bits per heavy atom. The Balaban J connectivity index is 2.56. The van der Waals surface area contributed by atoms with E-state index in [-0.39, 0.29) is 5.97 Å². The highest BCUT2D eigenvalue weighted by Gasteiger charge is 2.20. The number of nitrogens with two attached hydrogens (primary N) is 1. The molecule has 0 spiro atoms. The fourth-order valence-electron chi connectivity index (χ4n) is 1.99. The van der Waals surface area contributed by atoms with E-state index in [4.69, 9.17) is 10.6 Å². The first kappa shape index (κ1) is 14.0. The second-order valence-electron chi connectivity index (χ2n) is 5.45. The van der Waals surface area contributed by atoms with Crippen LogP contribution in [0.15, 0.2) is 41.6 Å². The molecule has 2 rings (SSSR count). The molecule has 0 aromatic heterocycles. The van der Waals surface area contributed by atoms with Crippen LogP contribution in [0.2, 0.25) is 0 Å². The van der Waals surface area contributed by atoms with Crippen LogP contribution in [0.3, 0.4) is 0 Å². The van der Waals surface area contributed by atoms with E-state index in [2.05, 4.69) is 10.3 Å². The molecule has 0 heterocycles. The minimum Gasteiger partial charge on any atom is -0.456 e. The number of benzene rings is 2. The van der Waals surface area contributed by atoms with Gasteiger partial charge in [0.25, 0.3) is 0 Å². The van der Waals surface area contributed by atoms with Crippen LogP contribution in [0.25, 0.3) is 10.8 Å². The van der Waals surface area contributed by atoms with E-state index in [0.717, 1.165) is 16.5 Å². The molecule has 0 saturated heterocycles. The van der Waals surface area contributed by atoms with E-state index in [0.29, 0.717) is 5.56 Å². The van der Waals surface area contributed by atoms with Crippen LogP contribution < -0.4 is 11.0 Å². The third-order valence-corrected chi connectivity index (χ3v) is 2.73. The molecule has 0 amide bonds. The Labute approximate surface area is 117 Å². The maximum Gasteiger partial charge on any atom is 0.339 e. The molecule has 2 aromatic rings. The summed E-state index contributed by atoms with van der Waals surface area (Å²) in [6.07, 6.45) is 0. The minimum atomic E-state index is -0.526. The number of nitrogens with zero attached hydrogens (tertiary/aromatic N) is 1. The third-order valence-electron chi connectivity index (χ3n) is 2.73. The van der Waals surface area contributed by atoms with Gasteiger partial charge in [-0.1, -0.05) is 18.2 Å². The van der Waals surface area contributed by atoms with E-state index in [1.165, 1.54) is 0 Å². The maximum atomic E-state index is 12.3. The molecule has 0 unspecified atom stereocenters. The molecule has 0 radical (unpaired) electrons. The molecule has 5 heteroatoms. The number of hydrogen-bond donors (Lipinski definition) is 2. The Bertz CT molecular complexity index is 672. The number of nitrogens with one attached hydrogen (secondary N) is 1. The van der Waals surface area contributed by atoms with Gasteiger partial charge in [0.05, 0.1) is 10.8 Å². The topological polar surface area (TPSA) is 78.7 Å². The van der Waals surface area contributed by atoms with Gasteiger partial charge >= 0.3 is 5.97 Å².